The Morgan fingerprint density at radius 3 is 2.61 bits per heavy atom. The summed E-state index contributed by atoms with van der Waals surface area (Å²) in [4.78, 5) is 29.7. The van der Waals surface area contributed by atoms with E-state index in [1.807, 2.05) is 20.8 Å². The summed E-state index contributed by atoms with van der Waals surface area (Å²) in [6, 6.07) is 0. The van der Waals surface area contributed by atoms with Gasteiger partial charge in [0.1, 0.15) is 17.0 Å². The number of aromatic amines is 1. The fourth-order valence-corrected chi connectivity index (χ4v) is 1.58. The van der Waals surface area contributed by atoms with E-state index in [4.69, 9.17) is 4.74 Å². The van der Waals surface area contributed by atoms with Gasteiger partial charge in [0.05, 0.1) is 7.11 Å². The third-order valence-electron chi connectivity index (χ3n) is 2.84. The monoisotopic (exact) mass is 254 g/mol. The second kappa shape index (κ2) is 5.77. The molecule has 0 radical (unpaired) electrons. The van der Waals surface area contributed by atoms with Crippen LogP contribution in [-0.4, -0.2) is 29.7 Å². The summed E-state index contributed by atoms with van der Waals surface area (Å²) in [6.45, 7) is 6.15. The van der Waals surface area contributed by atoms with Crippen LogP contribution in [0.4, 0.5) is 0 Å². The van der Waals surface area contributed by atoms with Gasteiger partial charge in [-0.05, 0) is 20.3 Å². The topological polar surface area (TPSA) is 81.3 Å². The zero-order chi connectivity index (χ0) is 13.8. The Balaban J connectivity index is 3.18. The Labute approximate surface area is 105 Å². The van der Waals surface area contributed by atoms with Crippen molar-refractivity contribution in [2.45, 2.75) is 32.8 Å². The largest absolute Gasteiger partial charge is 0.465 e. The maximum Gasteiger partial charge on any atom is 0.345 e. The second-order valence-electron chi connectivity index (χ2n) is 3.98. The predicted molar refractivity (Wildman–Crippen MR) is 65.5 cm³/mol. The minimum absolute atomic E-state index is 0.115. The lowest BCUT2D eigenvalue weighted by atomic mass is 10.0. The van der Waals surface area contributed by atoms with E-state index in [0.717, 1.165) is 0 Å². The minimum atomic E-state index is -0.704. The van der Waals surface area contributed by atoms with Gasteiger partial charge in [-0.3, -0.25) is 4.79 Å². The summed E-state index contributed by atoms with van der Waals surface area (Å²) >= 11 is 0. The highest BCUT2D eigenvalue weighted by molar-refractivity contribution is 5.88. The molecule has 1 aromatic heterocycles. The molecule has 1 rings (SSSR count). The number of carbonyl (C=O) groups excluding carboxylic acids is 1. The second-order valence-corrected chi connectivity index (χ2v) is 3.98. The highest BCUT2D eigenvalue weighted by Crippen LogP contribution is 2.24. The summed E-state index contributed by atoms with van der Waals surface area (Å²) in [5.41, 5.74) is -1.30. The van der Waals surface area contributed by atoms with Crippen LogP contribution in [0.1, 0.15) is 43.4 Å². The molecule has 0 aliphatic rings. The normalized spacial score (nSPS) is 14.0. The molecule has 0 saturated heterocycles. The molecule has 0 bridgehead atoms. The van der Waals surface area contributed by atoms with Crippen molar-refractivity contribution in [1.29, 1.82) is 0 Å². The Morgan fingerprint density at radius 2 is 2.17 bits per heavy atom. The lowest BCUT2D eigenvalue weighted by Crippen LogP contribution is -2.32. The highest BCUT2D eigenvalue weighted by Gasteiger charge is 2.28. The maximum atomic E-state index is 11.8. The van der Waals surface area contributed by atoms with Gasteiger partial charge in [0.25, 0.3) is 5.56 Å². The third-order valence-corrected chi connectivity index (χ3v) is 2.84. The van der Waals surface area contributed by atoms with Crippen molar-refractivity contribution in [3.05, 3.63) is 27.9 Å². The van der Waals surface area contributed by atoms with Crippen LogP contribution in [-0.2, 0) is 15.1 Å². The average Bonchev–Trinajstić information content (AvgIpc) is 2.37. The fourth-order valence-electron chi connectivity index (χ4n) is 1.58. The molecule has 1 atom stereocenters. The number of H-pyrrole nitrogens is 1. The van der Waals surface area contributed by atoms with Crippen LogP contribution in [0.2, 0.25) is 0 Å². The molecule has 0 aliphatic heterocycles. The molecule has 0 saturated carbocycles. The summed E-state index contributed by atoms with van der Waals surface area (Å²) < 4.78 is 10.1. The first-order valence-corrected chi connectivity index (χ1v) is 5.80. The SMILES string of the molecule is CCOC(C)(CC)c1ncc(C(=O)OC)c(=O)[nH]1. The molecule has 0 spiro atoms. The lowest BCUT2D eigenvalue weighted by molar-refractivity contribution is -0.0392. The number of esters is 1. The molecule has 1 unspecified atom stereocenters. The molecule has 1 heterocycles. The first-order valence-electron chi connectivity index (χ1n) is 5.80. The average molecular weight is 254 g/mol. The predicted octanol–water partition coefficient (Wildman–Crippen LogP) is 1.22. The van der Waals surface area contributed by atoms with Crippen molar-refractivity contribution >= 4 is 5.97 Å². The summed E-state index contributed by atoms with van der Waals surface area (Å²) in [7, 11) is 1.21. The van der Waals surface area contributed by atoms with E-state index in [2.05, 4.69) is 14.7 Å². The Kier molecular flexibility index (Phi) is 4.61. The Hall–Kier alpha value is -1.69. The Bertz CT molecular complexity index is 483. The molecule has 0 aromatic carbocycles. The number of nitrogens with zero attached hydrogens (tertiary/aromatic N) is 1. The summed E-state index contributed by atoms with van der Waals surface area (Å²) in [6.07, 6.45) is 1.87. The number of methoxy groups -OCH3 is 1. The van der Waals surface area contributed by atoms with Crippen molar-refractivity contribution in [2.24, 2.45) is 0 Å². The van der Waals surface area contributed by atoms with Crippen LogP contribution in [0, 0.1) is 0 Å². The van der Waals surface area contributed by atoms with Gasteiger partial charge in [0.2, 0.25) is 0 Å². The first kappa shape index (κ1) is 14.4. The standard InChI is InChI=1S/C12H18N2O4/c1-5-12(3,18-6-2)11-13-7-8(9(15)14-11)10(16)17-4/h7H,5-6H2,1-4H3,(H,13,14,15). The van der Waals surface area contributed by atoms with Gasteiger partial charge in [-0.2, -0.15) is 0 Å². The molecule has 1 aromatic rings. The van der Waals surface area contributed by atoms with Crippen molar-refractivity contribution in [3.63, 3.8) is 0 Å². The number of hydrogen-bond acceptors (Lipinski definition) is 5. The van der Waals surface area contributed by atoms with Crippen LogP contribution >= 0.6 is 0 Å². The molecule has 0 aliphatic carbocycles. The number of carbonyl (C=O) groups is 1. The Morgan fingerprint density at radius 1 is 1.50 bits per heavy atom. The number of nitrogens with one attached hydrogen (secondary N) is 1. The van der Waals surface area contributed by atoms with Gasteiger partial charge in [-0.1, -0.05) is 6.92 Å². The van der Waals surface area contributed by atoms with Crippen molar-refractivity contribution in [2.75, 3.05) is 13.7 Å². The molecular weight excluding hydrogens is 236 g/mol. The van der Waals surface area contributed by atoms with Crippen LogP contribution in [0.5, 0.6) is 0 Å². The fraction of sp³-hybridized carbons (Fsp3) is 0.583. The van der Waals surface area contributed by atoms with Gasteiger partial charge < -0.3 is 14.5 Å². The van der Waals surface area contributed by atoms with E-state index < -0.39 is 17.1 Å². The molecule has 6 nitrogen and oxygen atoms in total. The van der Waals surface area contributed by atoms with Gasteiger partial charge in [-0.25, -0.2) is 9.78 Å². The van der Waals surface area contributed by atoms with E-state index in [9.17, 15) is 9.59 Å². The smallest absolute Gasteiger partial charge is 0.345 e. The maximum absolute atomic E-state index is 11.8. The van der Waals surface area contributed by atoms with Crippen molar-refractivity contribution in [1.82, 2.24) is 9.97 Å². The van der Waals surface area contributed by atoms with Gasteiger partial charge in [0, 0.05) is 12.8 Å². The molecular formula is C12H18N2O4. The van der Waals surface area contributed by atoms with E-state index >= 15 is 0 Å². The van der Waals surface area contributed by atoms with E-state index in [1.165, 1.54) is 13.3 Å². The number of hydrogen-bond donors (Lipinski definition) is 1. The number of rotatable bonds is 5. The van der Waals surface area contributed by atoms with Crippen LogP contribution < -0.4 is 5.56 Å². The summed E-state index contributed by atoms with van der Waals surface area (Å²) in [5, 5.41) is 0. The molecule has 0 fully saturated rings. The van der Waals surface area contributed by atoms with E-state index in [1.54, 1.807) is 0 Å². The van der Waals surface area contributed by atoms with Gasteiger partial charge in [0.15, 0.2) is 0 Å². The molecule has 0 amide bonds. The summed E-state index contributed by atoms with van der Waals surface area (Å²) in [5.74, 6) is -0.297. The van der Waals surface area contributed by atoms with Gasteiger partial charge >= 0.3 is 5.97 Å². The molecule has 100 valence electrons. The van der Waals surface area contributed by atoms with Gasteiger partial charge in [-0.15, -0.1) is 0 Å². The van der Waals surface area contributed by atoms with Crippen molar-refractivity contribution in [3.8, 4) is 0 Å². The minimum Gasteiger partial charge on any atom is -0.465 e. The molecule has 18 heavy (non-hydrogen) atoms. The molecule has 1 N–H and O–H groups in total. The third kappa shape index (κ3) is 2.76. The lowest BCUT2D eigenvalue weighted by Gasteiger charge is -2.26. The highest BCUT2D eigenvalue weighted by atomic mass is 16.5. The van der Waals surface area contributed by atoms with Crippen LogP contribution in [0.3, 0.4) is 0 Å². The molecule has 6 heteroatoms. The first-order chi connectivity index (χ1) is 8.48. The van der Waals surface area contributed by atoms with E-state index in [0.29, 0.717) is 18.9 Å². The number of ether oxygens (including phenoxy) is 2. The van der Waals surface area contributed by atoms with Crippen LogP contribution in [0.25, 0.3) is 0 Å². The quantitative estimate of drug-likeness (QED) is 0.799. The van der Waals surface area contributed by atoms with Crippen molar-refractivity contribution < 1.29 is 14.3 Å². The van der Waals surface area contributed by atoms with E-state index in [-0.39, 0.29) is 5.56 Å². The van der Waals surface area contributed by atoms with Crippen LogP contribution in [0.15, 0.2) is 11.0 Å². The number of aromatic nitrogens is 2. The zero-order valence-electron chi connectivity index (χ0n) is 11.1. The zero-order valence-corrected chi connectivity index (χ0v) is 11.1.